The van der Waals surface area contributed by atoms with Gasteiger partial charge in [-0.2, -0.15) is 0 Å². The lowest BCUT2D eigenvalue weighted by molar-refractivity contribution is -0.156. The summed E-state index contributed by atoms with van der Waals surface area (Å²) in [6, 6.07) is 8.30. The highest BCUT2D eigenvalue weighted by Gasteiger charge is 2.50. The van der Waals surface area contributed by atoms with Gasteiger partial charge < -0.3 is 25.4 Å². The second-order valence-electron chi connectivity index (χ2n) is 7.94. The first-order valence-corrected chi connectivity index (χ1v) is 10.4. The number of esters is 2. The molecular weight excluding hydrogens is 420 g/mol. The molecule has 0 amide bonds. The van der Waals surface area contributed by atoms with Gasteiger partial charge in [0.2, 0.25) is 0 Å². The standard InChI is InChI=1S/C17H21NO4.C5H9NO4/c1-18-12-8-9-13(18)15(17(20)21-2)14(10-12)22-16(19)11-6-4-3-5-7-11;6-3(5(9)10)1-2-4(7)8/h3-7,12-15H,8-10H2,1-2H3;3H,1-2,6H2,(H,7,8)(H,9,10)/t12-,13+,14-,15+;/m0./s1. The first kappa shape index (κ1) is 25.3. The van der Waals surface area contributed by atoms with E-state index in [1.54, 1.807) is 24.3 Å². The number of rotatable bonds is 7. The van der Waals surface area contributed by atoms with Crippen LogP contribution >= 0.6 is 0 Å². The number of fused-ring (bicyclic) bond motifs is 2. The Morgan fingerprint density at radius 1 is 1.16 bits per heavy atom. The molecule has 0 aliphatic carbocycles. The van der Waals surface area contributed by atoms with Crippen molar-refractivity contribution in [2.24, 2.45) is 11.7 Å². The van der Waals surface area contributed by atoms with E-state index in [-0.39, 0.29) is 30.8 Å². The average molecular weight is 450 g/mol. The third-order valence-electron chi connectivity index (χ3n) is 5.94. The van der Waals surface area contributed by atoms with E-state index in [9.17, 15) is 19.2 Å². The molecule has 2 aliphatic heterocycles. The van der Waals surface area contributed by atoms with Gasteiger partial charge in [0.15, 0.2) is 0 Å². The molecule has 2 aliphatic rings. The van der Waals surface area contributed by atoms with Gasteiger partial charge in [-0.15, -0.1) is 0 Å². The minimum absolute atomic E-state index is 0.0231. The first-order chi connectivity index (χ1) is 15.1. The number of carboxylic acids is 2. The summed E-state index contributed by atoms with van der Waals surface area (Å²) in [5.41, 5.74) is 5.51. The topological polar surface area (TPSA) is 156 Å². The van der Waals surface area contributed by atoms with Crippen molar-refractivity contribution in [3.05, 3.63) is 35.9 Å². The summed E-state index contributed by atoms with van der Waals surface area (Å²) >= 11 is 0. The number of benzene rings is 1. The molecule has 1 aromatic carbocycles. The van der Waals surface area contributed by atoms with Crippen LogP contribution in [-0.2, 0) is 23.9 Å². The highest BCUT2D eigenvalue weighted by atomic mass is 16.6. The Balaban J connectivity index is 0.000000309. The highest BCUT2D eigenvalue weighted by Crippen LogP contribution is 2.40. The molecular formula is C22H30N2O8. The van der Waals surface area contributed by atoms with Crippen LogP contribution in [0.3, 0.4) is 0 Å². The molecule has 0 saturated carbocycles. The van der Waals surface area contributed by atoms with Crippen molar-refractivity contribution in [2.45, 2.75) is 56.3 Å². The summed E-state index contributed by atoms with van der Waals surface area (Å²) in [6.07, 6.45) is 2.03. The first-order valence-electron chi connectivity index (χ1n) is 10.4. The van der Waals surface area contributed by atoms with Gasteiger partial charge in [-0.1, -0.05) is 18.2 Å². The van der Waals surface area contributed by atoms with Gasteiger partial charge in [0, 0.05) is 24.9 Å². The van der Waals surface area contributed by atoms with Crippen LogP contribution in [0, 0.1) is 5.92 Å². The zero-order valence-corrected chi connectivity index (χ0v) is 18.2. The molecule has 2 bridgehead atoms. The molecule has 2 saturated heterocycles. The fraction of sp³-hybridized carbons (Fsp3) is 0.545. The molecule has 4 N–H and O–H groups in total. The van der Waals surface area contributed by atoms with E-state index in [0.717, 1.165) is 12.8 Å². The monoisotopic (exact) mass is 450 g/mol. The van der Waals surface area contributed by atoms with Crippen molar-refractivity contribution in [3.63, 3.8) is 0 Å². The van der Waals surface area contributed by atoms with Crippen molar-refractivity contribution in [1.29, 1.82) is 0 Å². The van der Waals surface area contributed by atoms with Gasteiger partial charge in [-0.05, 0) is 38.4 Å². The molecule has 1 aromatic rings. The molecule has 176 valence electrons. The van der Waals surface area contributed by atoms with Gasteiger partial charge >= 0.3 is 23.9 Å². The maximum absolute atomic E-state index is 12.3. The van der Waals surface area contributed by atoms with E-state index in [0.29, 0.717) is 18.0 Å². The Morgan fingerprint density at radius 3 is 2.38 bits per heavy atom. The second-order valence-corrected chi connectivity index (χ2v) is 7.94. The Labute approximate surface area is 186 Å². The summed E-state index contributed by atoms with van der Waals surface area (Å²) in [6.45, 7) is 0. The van der Waals surface area contributed by atoms with Crippen molar-refractivity contribution in [3.8, 4) is 0 Å². The minimum Gasteiger partial charge on any atom is -0.481 e. The van der Waals surface area contributed by atoms with E-state index in [1.807, 2.05) is 13.1 Å². The van der Waals surface area contributed by atoms with Crippen LogP contribution in [0.4, 0.5) is 0 Å². The number of methoxy groups -OCH3 is 1. The number of ether oxygens (including phenoxy) is 2. The number of hydrogen-bond donors (Lipinski definition) is 3. The molecule has 0 aromatic heterocycles. The van der Waals surface area contributed by atoms with E-state index in [4.69, 9.17) is 25.4 Å². The van der Waals surface area contributed by atoms with Gasteiger partial charge in [0.25, 0.3) is 0 Å². The van der Waals surface area contributed by atoms with Crippen LogP contribution in [0.2, 0.25) is 0 Å². The maximum atomic E-state index is 12.3. The van der Waals surface area contributed by atoms with Crippen molar-refractivity contribution in [1.82, 2.24) is 4.90 Å². The Bertz CT molecular complexity index is 815. The van der Waals surface area contributed by atoms with E-state index in [1.165, 1.54) is 7.11 Å². The quantitative estimate of drug-likeness (QED) is 0.514. The maximum Gasteiger partial charge on any atom is 0.338 e. The Morgan fingerprint density at radius 2 is 1.81 bits per heavy atom. The largest absolute Gasteiger partial charge is 0.481 e. The number of nitrogens with zero attached hydrogens (tertiary/aromatic N) is 1. The molecule has 3 rings (SSSR count). The molecule has 5 atom stereocenters. The molecule has 32 heavy (non-hydrogen) atoms. The minimum atomic E-state index is -1.17. The predicted octanol–water partition coefficient (Wildman–Crippen LogP) is 1.13. The lowest BCUT2D eigenvalue weighted by Gasteiger charge is -2.40. The van der Waals surface area contributed by atoms with Gasteiger partial charge in [-0.3, -0.25) is 19.3 Å². The molecule has 1 unspecified atom stereocenters. The van der Waals surface area contributed by atoms with Crippen LogP contribution in [0.25, 0.3) is 0 Å². The second kappa shape index (κ2) is 11.6. The van der Waals surface area contributed by atoms with Crippen LogP contribution in [0.5, 0.6) is 0 Å². The Kier molecular flexibility index (Phi) is 9.15. The van der Waals surface area contributed by atoms with Crippen molar-refractivity contribution >= 4 is 23.9 Å². The van der Waals surface area contributed by atoms with Crippen LogP contribution in [-0.4, -0.2) is 77.4 Å². The average Bonchev–Trinajstić information content (AvgIpc) is 3.01. The third-order valence-corrected chi connectivity index (χ3v) is 5.94. The number of carbonyl (C=O) groups is 4. The highest BCUT2D eigenvalue weighted by molar-refractivity contribution is 5.89. The lowest BCUT2D eigenvalue weighted by Crippen LogP contribution is -2.53. The van der Waals surface area contributed by atoms with Crippen molar-refractivity contribution < 1.29 is 38.9 Å². The Hall–Kier alpha value is -2.98. The van der Waals surface area contributed by atoms with Gasteiger partial charge in [-0.25, -0.2) is 4.79 Å². The number of nitrogens with two attached hydrogens (primary N) is 1. The fourth-order valence-electron chi connectivity index (χ4n) is 4.17. The predicted molar refractivity (Wildman–Crippen MR) is 113 cm³/mol. The summed E-state index contributed by atoms with van der Waals surface area (Å²) in [7, 11) is 3.42. The normalized spacial score (nSPS) is 25.1. The summed E-state index contributed by atoms with van der Waals surface area (Å²) in [4.78, 5) is 46.6. The number of hydrogen-bond acceptors (Lipinski definition) is 8. The van der Waals surface area contributed by atoms with Crippen LogP contribution < -0.4 is 5.73 Å². The molecule has 0 spiro atoms. The molecule has 2 heterocycles. The number of piperidine rings is 1. The molecule has 10 nitrogen and oxygen atoms in total. The molecule has 10 heteroatoms. The number of carbonyl (C=O) groups excluding carboxylic acids is 2. The SMILES string of the molecule is COC(=O)[C@H]1[C@@H](OC(=O)c2ccccc2)C[C@@H]2CC[C@H]1N2C.NC(CCC(=O)O)C(=O)O. The zero-order valence-electron chi connectivity index (χ0n) is 18.2. The third kappa shape index (κ3) is 6.51. The summed E-state index contributed by atoms with van der Waals surface area (Å²) in [5, 5.41) is 16.3. The zero-order chi connectivity index (χ0) is 23.8. The molecule has 0 radical (unpaired) electrons. The lowest BCUT2D eigenvalue weighted by atomic mass is 9.87. The van der Waals surface area contributed by atoms with E-state index >= 15 is 0 Å². The van der Waals surface area contributed by atoms with Gasteiger partial charge in [0.1, 0.15) is 18.1 Å². The van der Waals surface area contributed by atoms with E-state index in [2.05, 4.69) is 4.90 Å². The van der Waals surface area contributed by atoms with E-state index < -0.39 is 30.0 Å². The van der Waals surface area contributed by atoms with Crippen LogP contribution in [0.15, 0.2) is 30.3 Å². The molecule has 2 fully saturated rings. The number of carboxylic acid groups (broad SMARTS) is 2. The van der Waals surface area contributed by atoms with Crippen LogP contribution in [0.1, 0.15) is 42.5 Å². The summed E-state index contributed by atoms with van der Waals surface area (Å²) < 4.78 is 10.6. The smallest absolute Gasteiger partial charge is 0.338 e. The summed E-state index contributed by atoms with van der Waals surface area (Å²) in [5.74, 6) is -3.26. The fourth-order valence-corrected chi connectivity index (χ4v) is 4.17. The van der Waals surface area contributed by atoms with Crippen molar-refractivity contribution in [2.75, 3.05) is 14.2 Å². The number of aliphatic carboxylic acids is 2. The van der Waals surface area contributed by atoms with Gasteiger partial charge in [0.05, 0.1) is 12.7 Å².